The molecule has 7 heavy (non-hydrogen) atoms. The molecule has 0 aromatic carbocycles. The van der Waals surface area contributed by atoms with Crippen LogP contribution in [0.5, 0.6) is 0 Å². The third kappa shape index (κ3) is 1.12. The first-order chi connectivity index (χ1) is 3.43. The first kappa shape index (κ1) is 5.02. The van der Waals surface area contributed by atoms with Gasteiger partial charge in [-0.05, 0) is 6.42 Å². The Hall–Kier alpha value is -0.130. The number of nitrogens with one attached hydrogen (secondary N) is 1. The first-order valence-corrected chi connectivity index (χ1v) is 3.25. The van der Waals surface area contributed by atoms with Crippen LogP contribution in [-0.2, 0) is 0 Å². The van der Waals surface area contributed by atoms with Crippen molar-refractivity contribution in [3.63, 3.8) is 0 Å². The van der Waals surface area contributed by atoms with Crippen LogP contribution in [0.1, 0.15) is 6.42 Å². The predicted molar refractivity (Wildman–Crippen MR) is 32.8 cm³/mol. The van der Waals surface area contributed by atoms with Crippen LogP contribution in [0, 0.1) is 12.3 Å². The van der Waals surface area contributed by atoms with Crippen molar-refractivity contribution >= 4 is 11.9 Å². The number of terminal acetylenes is 1. The molecule has 1 aliphatic rings. The fourth-order valence-corrected chi connectivity index (χ4v) is 1.37. The molecule has 1 fully saturated rings. The van der Waals surface area contributed by atoms with Crippen molar-refractivity contribution in [2.75, 3.05) is 5.75 Å². The average molecular weight is 113 g/mol. The van der Waals surface area contributed by atoms with Crippen LogP contribution in [0.2, 0.25) is 0 Å². The normalized spacial score (nSPS) is 29.9. The third-order valence-electron chi connectivity index (χ3n) is 0.935. The molecule has 1 saturated heterocycles. The highest BCUT2D eigenvalue weighted by Crippen LogP contribution is 2.10. The summed E-state index contributed by atoms with van der Waals surface area (Å²) in [4.78, 5) is 0. The van der Waals surface area contributed by atoms with Gasteiger partial charge in [0.15, 0.2) is 0 Å². The zero-order valence-electron chi connectivity index (χ0n) is 3.98. The quantitative estimate of drug-likeness (QED) is 0.365. The van der Waals surface area contributed by atoms with E-state index in [1.54, 1.807) is 11.9 Å². The van der Waals surface area contributed by atoms with E-state index in [-0.39, 0.29) is 0 Å². The van der Waals surface area contributed by atoms with E-state index in [2.05, 4.69) is 10.6 Å². The van der Waals surface area contributed by atoms with Crippen molar-refractivity contribution in [2.45, 2.75) is 12.5 Å². The van der Waals surface area contributed by atoms with Gasteiger partial charge in [-0.25, -0.2) is 4.72 Å². The molecule has 1 atom stereocenters. The maximum absolute atomic E-state index is 5.11. The van der Waals surface area contributed by atoms with Gasteiger partial charge in [0.2, 0.25) is 0 Å². The van der Waals surface area contributed by atoms with Gasteiger partial charge in [0.1, 0.15) is 0 Å². The smallest absolute Gasteiger partial charge is 0.0787 e. The highest BCUT2D eigenvalue weighted by molar-refractivity contribution is 7.97. The molecule has 1 aliphatic heterocycles. The molecular formula is C5H7NS. The Labute approximate surface area is 48.0 Å². The molecule has 0 amide bonds. The highest BCUT2D eigenvalue weighted by atomic mass is 32.2. The zero-order valence-corrected chi connectivity index (χ0v) is 4.79. The Morgan fingerprint density at radius 3 is 3.00 bits per heavy atom. The summed E-state index contributed by atoms with van der Waals surface area (Å²) in [6, 6.07) is 0.338. The average Bonchev–Trinajstić information content (AvgIpc) is 2.14. The number of rotatable bonds is 0. The summed E-state index contributed by atoms with van der Waals surface area (Å²) in [5.41, 5.74) is 0. The Balaban J connectivity index is 2.31. The Bertz CT molecular complexity index is 88.7. The molecule has 0 radical (unpaired) electrons. The zero-order chi connectivity index (χ0) is 5.11. The van der Waals surface area contributed by atoms with E-state index in [0.29, 0.717) is 6.04 Å². The Morgan fingerprint density at radius 2 is 2.71 bits per heavy atom. The van der Waals surface area contributed by atoms with Crippen molar-refractivity contribution in [3.05, 3.63) is 0 Å². The van der Waals surface area contributed by atoms with Crippen LogP contribution in [0.4, 0.5) is 0 Å². The summed E-state index contributed by atoms with van der Waals surface area (Å²) in [6.07, 6.45) is 6.23. The minimum Gasteiger partial charge on any atom is -0.249 e. The van der Waals surface area contributed by atoms with Gasteiger partial charge in [-0.3, -0.25) is 0 Å². The van der Waals surface area contributed by atoms with Crippen molar-refractivity contribution in [2.24, 2.45) is 0 Å². The molecule has 1 unspecified atom stereocenters. The van der Waals surface area contributed by atoms with Crippen molar-refractivity contribution in [3.8, 4) is 12.3 Å². The van der Waals surface area contributed by atoms with Crippen molar-refractivity contribution < 1.29 is 0 Å². The van der Waals surface area contributed by atoms with Crippen molar-refractivity contribution in [1.29, 1.82) is 0 Å². The molecule has 0 bridgehead atoms. The van der Waals surface area contributed by atoms with Crippen LogP contribution in [0.15, 0.2) is 0 Å². The van der Waals surface area contributed by atoms with Gasteiger partial charge < -0.3 is 0 Å². The van der Waals surface area contributed by atoms with E-state index in [1.807, 2.05) is 0 Å². The van der Waals surface area contributed by atoms with E-state index in [9.17, 15) is 0 Å². The number of hydrogen-bond acceptors (Lipinski definition) is 2. The van der Waals surface area contributed by atoms with Gasteiger partial charge in [-0.15, -0.1) is 6.42 Å². The molecule has 0 saturated carbocycles. The fourth-order valence-electron chi connectivity index (χ4n) is 0.513. The molecular weight excluding hydrogens is 106 g/mol. The van der Waals surface area contributed by atoms with Crippen LogP contribution in [0.3, 0.4) is 0 Å². The maximum atomic E-state index is 5.11. The molecule has 0 aliphatic carbocycles. The summed E-state index contributed by atoms with van der Waals surface area (Å²) in [6.45, 7) is 0. The Kier molecular flexibility index (Phi) is 1.61. The van der Waals surface area contributed by atoms with Gasteiger partial charge >= 0.3 is 0 Å². The monoisotopic (exact) mass is 113 g/mol. The van der Waals surface area contributed by atoms with Gasteiger partial charge in [0, 0.05) is 5.75 Å². The second kappa shape index (κ2) is 2.25. The molecule has 0 aromatic rings. The molecule has 1 heterocycles. The number of hydrogen-bond donors (Lipinski definition) is 1. The van der Waals surface area contributed by atoms with Crippen LogP contribution < -0.4 is 4.72 Å². The standard InChI is InChI=1S/C5H7NS/c1-2-5-3-4-7-6-5/h1,5-6H,3-4H2. The maximum Gasteiger partial charge on any atom is 0.0787 e. The lowest BCUT2D eigenvalue weighted by atomic mass is 10.3. The summed E-state index contributed by atoms with van der Waals surface area (Å²) >= 11 is 1.71. The Morgan fingerprint density at radius 1 is 1.86 bits per heavy atom. The second-order valence-corrected chi connectivity index (χ2v) is 2.41. The summed E-state index contributed by atoms with van der Waals surface area (Å²) in [7, 11) is 0. The summed E-state index contributed by atoms with van der Waals surface area (Å²) < 4.78 is 3.09. The highest BCUT2D eigenvalue weighted by Gasteiger charge is 2.09. The lowest BCUT2D eigenvalue weighted by Crippen LogP contribution is -2.12. The van der Waals surface area contributed by atoms with Crippen LogP contribution in [-0.4, -0.2) is 11.8 Å². The summed E-state index contributed by atoms with van der Waals surface area (Å²) in [5.74, 6) is 3.79. The van der Waals surface area contributed by atoms with E-state index in [4.69, 9.17) is 6.42 Å². The molecule has 1 N–H and O–H groups in total. The van der Waals surface area contributed by atoms with Crippen LogP contribution in [0.25, 0.3) is 0 Å². The molecule has 1 nitrogen and oxygen atoms in total. The third-order valence-corrected chi connectivity index (χ3v) is 1.83. The van der Waals surface area contributed by atoms with Crippen molar-refractivity contribution in [1.82, 2.24) is 4.72 Å². The fraction of sp³-hybridized carbons (Fsp3) is 0.600. The molecule has 0 spiro atoms. The first-order valence-electron chi connectivity index (χ1n) is 2.27. The van der Waals surface area contributed by atoms with E-state index in [0.717, 1.165) is 12.2 Å². The lowest BCUT2D eigenvalue weighted by molar-refractivity contribution is 0.805. The van der Waals surface area contributed by atoms with Gasteiger partial charge in [0.05, 0.1) is 6.04 Å². The van der Waals surface area contributed by atoms with Gasteiger partial charge in [-0.1, -0.05) is 17.9 Å². The van der Waals surface area contributed by atoms with Gasteiger partial charge in [-0.2, -0.15) is 0 Å². The van der Waals surface area contributed by atoms with E-state index < -0.39 is 0 Å². The van der Waals surface area contributed by atoms with E-state index >= 15 is 0 Å². The summed E-state index contributed by atoms with van der Waals surface area (Å²) in [5, 5.41) is 0. The van der Waals surface area contributed by atoms with Gasteiger partial charge in [0.25, 0.3) is 0 Å². The minimum atomic E-state index is 0.338. The largest absolute Gasteiger partial charge is 0.249 e. The minimum absolute atomic E-state index is 0.338. The second-order valence-electron chi connectivity index (χ2n) is 1.47. The molecule has 1 rings (SSSR count). The lowest BCUT2D eigenvalue weighted by Gasteiger charge is -1.93. The van der Waals surface area contributed by atoms with E-state index in [1.165, 1.54) is 0 Å². The molecule has 0 aromatic heterocycles. The SMILES string of the molecule is C#CC1CCSN1. The predicted octanol–water partition coefficient (Wildman–Crippen LogP) is 0.630. The molecule has 38 valence electrons. The topological polar surface area (TPSA) is 12.0 Å². The molecule has 2 heteroatoms. The van der Waals surface area contributed by atoms with Crippen LogP contribution >= 0.6 is 11.9 Å².